The Balaban J connectivity index is 2.63. The van der Waals surface area contributed by atoms with Gasteiger partial charge in [0.1, 0.15) is 11.2 Å². The third kappa shape index (κ3) is 1.52. The highest BCUT2D eigenvalue weighted by Crippen LogP contribution is 2.40. The summed E-state index contributed by atoms with van der Waals surface area (Å²) in [7, 11) is 3.26. The number of ether oxygens (including phenoxy) is 1. The Bertz CT molecular complexity index is 524. The van der Waals surface area contributed by atoms with Gasteiger partial charge in [0, 0.05) is 18.7 Å². The molecule has 1 aliphatic rings. The highest BCUT2D eigenvalue weighted by atomic mass is 16.5. The van der Waals surface area contributed by atoms with Crippen molar-refractivity contribution in [2.75, 3.05) is 19.1 Å². The molecule has 4 heteroatoms. The molecule has 0 saturated heterocycles. The fourth-order valence-corrected chi connectivity index (χ4v) is 2.29. The standard InChI is InChI=1S/C14H17NO3/c1-5-14(2)12(16)10-7-6-9(18-4)8-11(10)15(3)13(14)17/h6-8H,5H2,1-4H3. The number of rotatable bonds is 2. The number of hydrogen-bond acceptors (Lipinski definition) is 3. The van der Waals surface area contributed by atoms with Gasteiger partial charge in [-0.3, -0.25) is 9.59 Å². The molecule has 1 amide bonds. The van der Waals surface area contributed by atoms with E-state index in [1.807, 2.05) is 6.92 Å². The van der Waals surface area contributed by atoms with Crippen molar-refractivity contribution in [3.8, 4) is 5.75 Å². The van der Waals surface area contributed by atoms with Crippen LogP contribution in [0.3, 0.4) is 0 Å². The molecule has 96 valence electrons. The van der Waals surface area contributed by atoms with Crippen LogP contribution in [0.25, 0.3) is 0 Å². The quantitative estimate of drug-likeness (QED) is 0.753. The van der Waals surface area contributed by atoms with E-state index >= 15 is 0 Å². The van der Waals surface area contributed by atoms with Gasteiger partial charge in [-0.1, -0.05) is 6.92 Å². The van der Waals surface area contributed by atoms with Crippen molar-refractivity contribution in [1.82, 2.24) is 0 Å². The predicted molar refractivity (Wildman–Crippen MR) is 69.1 cm³/mol. The molecule has 0 saturated carbocycles. The number of Topliss-reactive ketones (excluding diaryl/α,β-unsaturated/α-hetero) is 1. The van der Waals surface area contributed by atoms with Crippen LogP contribution < -0.4 is 9.64 Å². The smallest absolute Gasteiger partial charge is 0.240 e. The molecule has 18 heavy (non-hydrogen) atoms. The van der Waals surface area contributed by atoms with Crippen LogP contribution in [0.15, 0.2) is 18.2 Å². The zero-order valence-corrected chi connectivity index (χ0v) is 11.1. The van der Waals surface area contributed by atoms with Gasteiger partial charge in [0.2, 0.25) is 5.91 Å². The van der Waals surface area contributed by atoms with Gasteiger partial charge in [-0.2, -0.15) is 0 Å². The Morgan fingerprint density at radius 2 is 2.00 bits per heavy atom. The Labute approximate surface area is 107 Å². The largest absolute Gasteiger partial charge is 0.497 e. The van der Waals surface area contributed by atoms with E-state index in [0.29, 0.717) is 23.4 Å². The molecule has 1 unspecified atom stereocenters. The first-order valence-corrected chi connectivity index (χ1v) is 5.96. The molecular formula is C14H17NO3. The van der Waals surface area contributed by atoms with Gasteiger partial charge in [0.05, 0.1) is 12.8 Å². The molecule has 2 rings (SSSR count). The number of benzene rings is 1. The van der Waals surface area contributed by atoms with Crippen LogP contribution in [-0.4, -0.2) is 25.8 Å². The second-order valence-electron chi connectivity index (χ2n) is 4.76. The first-order chi connectivity index (χ1) is 8.45. The maximum Gasteiger partial charge on any atom is 0.240 e. The van der Waals surface area contributed by atoms with Crippen molar-refractivity contribution in [3.05, 3.63) is 23.8 Å². The molecule has 1 aromatic carbocycles. The Kier molecular flexibility index (Phi) is 2.89. The zero-order chi connectivity index (χ0) is 13.5. The van der Waals surface area contributed by atoms with Gasteiger partial charge < -0.3 is 9.64 Å². The monoisotopic (exact) mass is 247 g/mol. The normalized spacial score (nSPS) is 23.0. The molecule has 0 aliphatic carbocycles. The maximum atomic E-state index is 12.4. The summed E-state index contributed by atoms with van der Waals surface area (Å²) >= 11 is 0. The molecule has 0 bridgehead atoms. The summed E-state index contributed by atoms with van der Waals surface area (Å²) in [4.78, 5) is 26.3. The average Bonchev–Trinajstić information content (AvgIpc) is 2.42. The molecule has 4 nitrogen and oxygen atoms in total. The lowest BCUT2D eigenvalue weighted by atomic mass is 9.75. The number of ketones is 1. The molecule has 0 spiro atoms. The second-order valence-corrected chi connectivity index (χ2v) is 4.76. The minimum atomic E-state index is -0.948. The Morgan fingerprint density at radius 1 is 1.33 bits per heavy atom. The third-order valence-electron chi connectivity index (χ3n) is 3.80. The van der Waals surface area contributed by atoms with Gasteiger partial charge >= 0.3 is 0 Å². The first-order valence-electron chi connectivity index (χ1n) is 5.96. The number of fused-ring (bicyclic) bond motifs is 1. The van der Waals surface area contributed by atoms with Crippen molar-refractivity contribution < 1.29 is 14.3 Å². The van der Waals surface area contributed by atoms with Crippen LogP contribution in [-0.2, 0) is 4.79 Å². The maximum absolute atomic E-state index is 12.4. The minimum Gasteiger partial charge on any atom is -0.497 e. The van der Waals surface area contributed by atoms with Crippen molar-refractivity contribution in [2.45, 2.75) is 20.3 Å². The van der Waals surface area contributed by atoms with Crippen LogP contribution in [0, 0.1) is 5.41 Å². The molecular weight excluding hydrogens is 230 g/mol. The number of hydrogen-bond donors (Lipinski definition) is 0. The molecule has 1 aliphatic heterocycles. The highest BCUT2D eigenvalue weighted by Gasteiger charge is 2.47. The van der Waals surface area contributed by atoms with E-state index < -0.39 is 5.41 Å². The number of methoxy groups -OCH3 is 1. The Morgan fingerprint density at radius 3 is 2.56 bits per heavy atom. The highest BCUT2D eigenvalue weighted by molar-refractivity contribution is 6.24. The summed E-state index contributed by atoms with van der Waals surface area (Å²) in [6, 6.07) is 5.20. The van der Waals surface area contributed by atoms with E-state index in [4.69, 9.17) is 4.74 Å². The van der Waals surface area contributed by atoms with Crippen molar-refractivity contribution in [3.63, 3.8) is 0 Å². The average molecular weight is 247 g/mol. The van der Waals surface area contributed by atoms with Gasteiger partial charge in [-0.15, -0.1) is 0 Å². The molecule has 0 N–H and O–H groups in total. The predicted octanol–water partition coefficient (Wildman–Crippen LogP) is 2.27. The van der Waals surface area contributed by atoms with Crippen LogP contribution in [0.2, 0.25) is 0 Å². The van der Waals surface area contributed by atoms with E-state index in [-0.39, 0.29) is 11.7 Å². The van der Waals surface area contributed by atoms with Crippen molar-refractivity contribution in [2.24, 2.45) is 5.41 Å². The summed E-state index contributed by atoms with van der Waals surface area (Å²) in [5.74, 6) is 0.378. The second kappa shape index (κ2) is 4.12. The van der Waals surface area contributed by atoms with Crippen LogP contribution >= 0.6 is 0 Å². The molecule has 0 fully saturated rings. The summed E-state index contributed by atoms with van der Waals surface area (Å²) < 4.78 is 5.13. The fourth-order valence-electron chi connectivity index (χ4n) is 2.29. The van der Waals surface area contributed by atoms with E-state index in [2.05, 4.69) is 0 Å². The lowest BCUT2D eigenvalue weighted by Gasteiger charge is -2.37. The van der Waals surface area contributed by atoms with Gasteiger partial charge in [-0.05, 0) is 25.5 Å². The topological polar surface area (TPSA) is 46.6 Å². The summed E-state index contributed by atoms with van der Waals surface area (Å²) in [5, 5.41) is 0. The number of anilines is 1. The molecule has 1 atom stereocenters. The van der Waals surface area contributed by atoms with Gasteiger partial charge in [0.15, 0.2) is 5.78 Å². The molecule has 0 aromatic heterocycles. The van der Waals surface area contributed by atoms with Gasteiger partial charge in [-0.25, -0.2) is 0 Å². The van der Waals surface area contributed by atoms with E-state index in [1.54, 1.807) is 44.2 Å². The van der Waals surface area contributed by atoms with Gasteiger partial charge in [0.25, 0.3) is 0 Å². The minimum absolute atomic E-state index is 0.106. The lowest BCUT2D eigenvalue weighted by Crippen LogP contribution is -2.49. The van der Waals surface area contributed by atoms with Crippen LogP contribution in [0.4, 0.5) is 5.69 Å². The summed E-state index contributed by atoms with van der Waals surface area (Å²) in [6.45, 7) is 3.57. The SMILES string of the molecule is CCC1(C)C(=O)c2ccc(OC)cc2N(C)C1=O. The van der Waals surface area contributed by atoms with Crippen LogP contribution in [0.5, 0.6) is 5.75 Å². The number of amides is 1. The number of nitrogens with zero attached hydrogens (tertiary/aromatic N) is 1. The van der Waals surface area contributed by atoms with Crippen LogP contribution in [0.1, 0.15) is 30.6 Å². The lowest BCUT2D eigenvalue weighted by molar-refractivity contribution is -0.125. The zero-order valence-electron chi connectivity index (χ0n) is 11.1. The molecule has 1 aromatic rings. The summed E-state index contributed by atoms with van der Waals surface area (Å²) in [6.07, 6.45) is 0.500. The van der Waals surface area contributed by atoms with E-state index in [9.17, 15) is 9.59 Å². The van der Waals surface area contributed by atoms with E-state index in [1.165, 1.54) is 0 Å². The van der Waals surface area contributed by atoms with Crippen molar-refractivity contribution in [1.29, 1.82) is 0 Å². The number of carbonyl (C=O) groups excluding carboxylic acids is 2. The molecule has 1 heterocycles. The number of carbonyl (C=O) groups is 2. The Hall–Kier alpha value is -1.84. The van der Waals surface area contributed by atoms with Crippen molar-refractivity contribution >= 4 is 17.4 Å². The first kappa shape index (κ1) is 12.6. The third-order valence-corrected chi connectivity index (χ3v) is 3.80. The molecule has 0 radical (unpaired) electrons. The summed E-state index contributed by atoms with van der Waals surface area (Å²) in [5.41, 5.74) is 0.258. The van der Waals surface area contributed by atoms with E-state index in [0.717, 1.165) is 0 Å². The fraction of sp³-hybridized carbons (Fsp3) is 0.429.